The van der Waals surface area contributed by atoms with Crippen LogP contribution < -0.4 is 5.32 Å². The van der Waals surface area contributed by atoms with Crippen LogP contribution in [0.1, 0.15) is 24.3 Å². The molecule has 0 amide bonds. The van der Waals surface area contributed by atoms with Gasteiger partial charge in [0.25, 0.3) is 0 Å². The minimum Gasteiger partial charge on any atom is -0.459 e. The number of rotatable bonds is 4. The molecule has 0 radical (unpaired) electrons. The molecular weight excluding hydrogens is 270 g/mol. The molecule has 0 saturated heterocycles. The fourth-order valence-corrected chi connectivity index (χ4v) is 2.59. The summed E-state index contributed by atoms with van der Waals surface area (Å²) in [7, 11) is 0. The van der Waals surface area contributed by atoms with E-state index in [-0.39, 0.29) is 6.04 Å². The molecule has 3 aromatic rings. The lowest BCUT2D eigenvalue weighted by Crippen LogP contribution is -2.21. The van der Waals surface area contributed by atoms with E-state index < -0.39 is 0 Å². The Morgan fingerprint density at radius 1 is 1.10 bits per heavy atom. The molecule has 0 aliphatic rings. The maximum Gasteiger partial charge on any atom is 0.134 e. The number of fused-ring (bicyclic) bond motifs is 1. The van der Waals surface area contributed by atoms with Gasteiger partial charge in [-0.15, -0.1) is 0 Å². The number of hydrogen-bond acceptors (Lipinski definition) is 2. The van der Waals surface area contributed by atoms with Gasteiger partial charge >= 0.3 is 0 Å². The molecular formula is C17H16ClNO. The van der Waals surface area contributed by atoms with Crippen molar-refractivity contribution in [2.75, 3.05) is 6.54 Å². The molecule has 20 heavy (non-hydrogen) atoms. The van der Waals surface area contributed by atoms with Crippen molar-refractivity contribution in [2.45, 2.75) is 13.0 Å². The molecule has 0 saturated carbocycles. The Balaban J connectivity index is 2.05. The number of benzene rings is 2. The maximum atomic E-state index is 6.03. The van der Waals surface area contributed by atoms with Crippen LogP contribution in [0.25, 0.3) is 11.0 Å². The largest absolute Gasteiger partial charge is 0.459 e. The van der Waals surface area contributed by atoms with Gasteiger partial charge in [-0.3, -0.25) is 0 Å². The zero-order valence-electron chi connectivity index (χ0n) is 11.3. The Kier molecular flexibility index (Phi) is 3.77. The summed E-state index contributed by atoms with van der Waals surface area (Å²) in [6.45, 7) is 2.97. The van der Waals surface area contributed by atoms with Crippen molar-refractivity contribution >= 4 is 22.6 Å². The van der Waals surface area contributed by atoms with E-state index in [1.165, 1.54) is 5.56 Å². The molecule has 1 unspecified atom stereocenters. The van der Waals surface area contributed by atoms with Gasteiger partial charge in [0, 0.05) is 10.4 Å². The molecule has 2 nitrogen and oxygen atoms in total. The maximum absolute atomic E-state index is 6.03. The smallest absolute Gasteiger partial charge is 0.134 e. The highest BCUT2D eigenvalue weighted by Crippen LogP contribution is 2.29. The third-order valence-corrected chi connectivity index (χ3v) is 3.56. The highest BCUT2D eigenvalue weighted by atomic mass is 35.5. The van der Waals surface area contributed by atoms with Crippen LogP contribution in [0.2, 0.25) is 5.02 Å². The zero-order valence-corrected chi connectivity index (χ0v) is 12.0. The van der Waals surface area contributed by atoms with Gasteiger partial charge in [0.1, 0.15) is 11.3 Å². The van der Waals surface area contributed by atoms with Crippen LogP contribution >= 0.6 is 11.6 Å². The van der Waals surface area contributed by atoms with Crippen LogP contribution in [0.3, 0.4) is 0 Å². The molecule has 0 fully saturated rings. The molecule has 1 N–H and O–H groups in total. The normalized spacial score (nSPS) is 12.7. The summed E-state index contributed by atoms with van der Waals surface area (Å²) < 4.78 is 5.97. The Morgan fingerprint density at radius 2 is 1.90 bits per heavy atom. The predicted molar refractivity (Wildman–Crippen MR) is 83.2 cm³/mol. The van der Waals surface area contributed by atoms with Gasteiger partial charge in [-0.2, -0.15) is 0 Å². The summed E-state index contributed by atoms with van der Waals surface area (Å²) >= 11 is 6.03. The molecule has 3 heteroatoms. The average Bonchev–Trinajstić information content (AvgIpc) is 2.88. The predicted octanol–water partition coefficient (Wildman–Crippen LogP) is 4.79. The van der Waals surface area contributed by atoms with Gasteiger partial charge in [-0.1, -0.05) is 48.9 Å². The second-order valence-electron chi connectivity index (χ2n) is 4.73. The van der Waals surface area contributed by atoms with Crippen molar-refractivity contribution in [2.24, 2.45) is 0 Å². The quantitative estimate of drug-likeness (QED) is 0.746. The zero-order chi connectivity index (χ0) is 13.9. The summed E-state index contributed by atoms with van der Waals surface area (Å²) in [5, 5.41) is 5.22. The van der Waals surface area contributed by atoms with Gasteiger partial charge < -0.3 is 9.73 Å². The van der Waals surface area contributed by atoms with Gasteiger partial charge in [0.05, 0.1) is 6.04 Å². The second kappa shape index (κ2) is 5.70. The molecule has 0 aliphatic carbocycles. The van der Waals surface area contributed by atoms with Gasteiger partial charge in [-0.25, -0.2) is 0 Å². The molecule has 102 valence electrons. The number of halogens is 1. The van der Waals surface area contributed by atoms with Crippen molar-refractivity contribution in [3.63, 3.8) is 0 Å². The topological polar surface area (TPSA) is 25.2 Å². The Hall–Kier alpha value is -1.77. The van der Waals surface area contributed by atoms with Crippen molar-refractivity contribution in [3.05, 3.63) is 70.9 Å². The third-order valence-electron chi connectivity index (χ3n) is 3.32. The fourth-order valence-electron chi connectivity index (χ4n) is 2.41. The standard InChI is InChI=1S/C17H16ClNO/c1-2-19-17(12-6-4-3-5-7-12)16-11-13-10-14(18)8-9-15(13)20-16/h3-11,17,19H,2H2,1H3. The van der Waals surface area contributed by atoms with Crippen LogP contribution in [0.15, 0.2) is 59.0 Å². The summed E-state index contributed by atoms with van der Waals surface area (Å²) in [5.41, 5.74) is 2.06. The molecule has 2 aromatic carbocycles. The van der Waals surface area contributed by atoms with Crippen LogP contribution in [0.5, 0.6) is 0 Å². The lowest BCUT2D eigenvalue weighted by atomic mass is 10.0. The first-order chi connectivity index (χ1) is 9.78. The van der Waals surface area contributed by atoms with Crippen LogP contribution in [-0.2, 0) is 0 Å². The first-order valence-electron chi connectivity index (χ1n) is 6.75. The molecule has 3 rings (SSSR count). The van der Waals surface area contributed by atoms with Crippen molar-refractivity contribution < 1.29 is 4.42 Å². The van der Waals surface area contributed by atoms with Crippen molar-refractivity contribution in [1.29, 1.82) is 0 Å². The summed E-state index contributed by atoms with van der Waals surface area (Å²) in [6.07, 6.45) is 0. The molecule has 1 aromatic heterocycles. The van der Waals surface area contributed by atoms with Crippen LogP contribution in [0, 0.1) is 0 Å². The first kappa shape index (κ1) is 13.2. The highest BCUT2D eigenvalue weighted by molar-refractivity contribution is 6.31. The molecule has 0 aliphatic heterocycles. The van der Waals surface area contributed by atoms with E-state index in [1.807, 2.05) is 36.4 Å². The lowest BCUT2D eigenvalue weighted by molar-refractivity contribution is 0.477. The summed E-state index contributed by atoms with van der Waals surface area (Å²) in [5.74, 6) is 0.912. The molecule has 0 bridgehead atoms. The van der Waals surface area contributed by atoms with Gasteiger partial charge in [0.15, 0.2) is 0 Å². The minimum atomic E-state index is 0.0624. The summed E-state index contributed by atoms with van der Waals surface area (Å²) in [6, 6.07) is 18.1. The van der Waals surface area contributed by atoms with E-state index in [0.29, 0.717) is 0 Å². The molecule has 1 heterocycles. The van der Waals surface area contributed by atoms with Crippen molar-refractivity contribution in [3.8, 4) is 0 Å². The van der Waals surface area contributed by atoms with Crippen LogP contribution in [0.4, 0.5) is 0 Å². The van der Waals surface area contributed by atoms with E-state index >= 15 is 0 Å². The van der Waals surface area contributed by atoms with E-state index in [0.717, 1.165) is 28.3 Å². The van der Waals surface area contributed by atoms with Crippen molar-refractivity contribution in [1.82, 2.24) is 5.32 Å². The molecule has 0 spiro atoms. The third kappa shape index (κ3) is 2.58. The average molecular weight is 286 g/mol. The lowest BCUT2D eigenvalue weighted by Gasteiger charge is -2.15. The highest BCUT2D eigenvalue weighted by Gasteiger charge is 2.17. The van der Waals surface area contributed by atoms with Crippen LogP contribution in [-0.4, -0.2) is 6.54 Å². The van der Waals surface area contributed by atoms with Gasteiger partial charge in [0.2, 0.25) is 0 Å². The number of furan rings is 1. The van der Waals surface area contributed by atoms with E-state index in [2.05, 4.69) is 30.4 Å². The minimum absolute atomic E-state index is 0.0624. The number of hydrogen-bond donors (Lipinski definition) is 1. The monoisotopic (exact) mass is 285 g/mol. The van der Waals surface area contributed by atoms with Gasteiger partial charge in [-0.05, 0) is 36.4 Å². The Morgan fingerprint density at radius 3 is 2.65 bits per heavy atom. The Bertz CT molecular complexity index is 705. The summed E-state index contributed by atoms with van der Waals surface area (Å²) in [4.78, 5) is 0. The van der Waals surface area contributed by atoms with E-state index in [1.54, 1.807) is 0 Å². The Labute approximate surface area is 123 Å². The SMILES string of the molecule is CCNC(c1ccccc1)c1cc2cc(Cl)ccc2o1. The molecule has 1 atom stereocenters. The fraction of sp³-hybridized carbons (Fsp3) is 0.176. The van der Waals surface area contributed by atoms with E-state index in [9.17, 15) is 0 Å². The first-order valence-corrected chi connectivity index (χ1v) is 7.13. The number of nitrogens with one attached hydrogen (secondary N) is 1. The van der Waals surface area contributed by atoms with E-state index in [4.69, 9.17) is 16.0 Å². The second-order valence-corrected chi connectivity index (χ2v) is 5.17.